The van der Waals surface area contributed by atoms with Crippen molar-refractivity contribution in [3.8, 4) is 10.4 Å². The average Bonchev–Trinajstić information content (AvgIpc) is 3.09. The van der Waals surface area contributed by atoms with E-state index in [4.69, 9.17) is 11.6 Å². The molecular formula is C15H15ClFNS. The third-order valence-electron chi connectivity index (χ3n) is 3.53. The van der Waals surface area contributed by atoms with Crippen LogP contribution in [0.15, 0.2) is 30.3 Å². The van der Waals surface area contributed by atoms with Gasteiger partial charge >= 0.3 is 0 Å². The fourth-order valence-corrected chi connectivity index (χ4v) is 3.97. The maximum Gasteiger partial charge on any atom is 0.124 e. The third kappa shape index (κ3) is 2.69. The predicted octanol–water partition coefficient (Wildman–Crippen LogP) is 4.88. The highest BCUT2D eigenvalue weighted by Gasteiger charge is 2.32. The Bertz CT molecular complexity index is 592. The summed E-state index contributed by atoms with van der Waals surface area (Å²) < 4.78 is 13.1. The average molecular weight is 296 g/mol. The van der Waals surface area contributed by atoms with Crippen LogP contribution >= 0.6 is 22.9 Å². The first-order chi connectivity index (χ1) is 9.19. The monoisotopic (exact) mass is 295 g/mol. The van der Waals surface area contributed by atoms with E-state index in [1.54, 1.807) is 17.4 Å². The molecule has 100 valence electrons. The van der Waals surface area contributed by atoms with Gasteiger partial charge in [-0.05, 0) is 56.1 Å². The Morgan fingerprint density at radius 3 is 2.74 bits per heavy atom. The molecule has 0 amide bonds. The summed E-state index contributed by atoms with van der Waals surface area (Å²) in [5.74, 6) is 0.469. The van der Waals surface area contributed by atoms with E-state index in [1.165, 1.54) is 29.9 Å². The molecule has 0 bridgehead atoms. The highest BCUT2D eigenvalue weighted by atomic mass is 35.5. The smallest absolute Gasteiger partial charge is 0.124 e. The van der Waals surface area contributed by atoms with Gasteiger partial charge in [0.25, 0.3) is 0 Å². The lowest BCUT2D eigenvalue weighted by Gasteiger charge is -2.12. The van der Waals surface area contributed by atoms with Crippen LogP contribution in [0.3, 0.4) is 0 Å². The Hall–Kier alpha value is -0.900. The van der Waals surface area contributed by atoms with Crippen LogP contribution in [0.2, 0.25) is 5.02 Å². The molecule has 1 N–H and O–H groups in total. The Morgan fingerprint density at radius 1 is 1.32 bits per heavy atom. The van der Waals surface area contributed by atoms with Crippen LogP contribution in [0.4, 0.5) is 4.39 Å². The van der Waals surface area contributed by atoms with E-state index in [1.807, 2.05) is 7.05 Å². The molecule has 2 aromatic rings. The van der Waals surface area contributed by atoms with Gasteiger partial charge in [-0.3, -0.25) is 0 Å². The lowest BCUT2D eigenvalue weighted by molar-refractivity contribution is 0.537. The molecule has 1 aromatic heterocycles. The fraction of sp³-hybridized carbons (Fsp3) is 0.333. The lowest BCUT2D eigenvalue weighted by Crippen LogP contribution is -2.16. The normalized spacial score (nSPS) is 16.6. The van der Waals surface area contributed by atoms with E-state index in [0.717, 1.165) is 16.4 Å². The number of halogens is 2. The summed E-state index contributed by atoms with van der Waals surface area (Å²) in [6, 6.07) is 9.24. The van der Waals surface area contributed by atoms with E-state index in [2.05, 4.69) is 17.4 Å². The van der Waals surface area contributed by atoms with E-state index in [-0.39, 0.29) is 5.82 Å². The van der Waals surface area contributed by atoms with Crippen molar-refractivity contribution in [3.05, 3.63) is 46.0 Å². The van der Waals surface area contributed by atoms with Crippen molar-refractivity contribution >= 4 is 22.9 Å². The first-order valence-corrected chi connectivity index (χ1v) is 7.61. The number of hydrogen-bond acceptors (Lipinski definition) is 2. The second kappa shape index (κ2) is 5.23. The molecule has 1 fully saturated rings. The van der Waals surface area contributed by atoms with Gasteiger partial charge in [-0.15, -0.1) is 11.3 Å². The van der Waals surface area contributed by atoms with Gasteiger partial charge in [-0.25, -0.2) is 4.39 Å². The van der Waals surface area contributed by atoms with Crippen molar-refractivity contribution in [2.75, 3.05) is 7.05 Å². The van der Waals surface area contributed by atoms with E-state index >= 15 is 0 Å². The van der Waals surface area contributed by atoms with Gasteiger partial charge < -0.3 is 5.32 Å². The van der Waals surface area contributed by atoms with Crippen molar-refractivity contribution in [2.45, 2.75) is 18.9 Å². The molecule has 0 aliphatic heterocycles. The zero-order valence-electron chi connectivity index (χ0n) is 10.6. The molecule has 1 atom stereocenters. The molecule has 1 heterocycles. The number of benzene rings is 1. The van der Waals surface area contributed by atoms with Gasteiger partial charge in [-0.2, -0.15) is 0 Å². The van der Waals surface area contributed by atoms with Crippen molar-refractivity contribution in [1.82, 2.24) is 5.32 Å². The van der Waals surface area contributed by atoms with E-state index < -0.39 is 0 Å². The standard InChI is InChI=1S/C15H15ClFNS/c1-18-15(9-2-3-9)14-7-6-13(19-14)11-5-4-10(17)8-12(11)16/h4-9,15,18H,2-3H2,1H3. The maximum atomic E-state index is 13.1. The summed E-state index contributed by atoms with van der Waals surface area (Å²) in [6.07, 6.45) is 2.60. The van der Waals surface area contributed by atoms with Crippen molar-refractivity contribution in [1.29, 1.82) is 0 Å². The topological polar surface area (TPSA) is 12.0 Å². The molecule has 1 unspecified atom stereocenters. The zero-order chi connectivity index (χ0) is 13.4. The highest BCUT2D eigenvalue weighted by molar-refractivity contribution is 7.15. The van der Waals surface area contributed by atoms with E-state index in [9.17, 15) is 4.39 Å². The van der Waals surface area contributed by atoms with Crippen LogP contribution in [-0.2, 0) is 0 Å². The minimum absolute atomic E-state index is 0.295. The molecule has 1 aromatic carbocycles. The summed E-state index contributed by atoms with van der Waals surface area (Å²) in [7, 11) is 2.01. The van der Waals surface area contributed by atoms with Gasteiger partial charge in [0.2, 0.25) is 0 Å². The zero-order valence-corrected chi connectivity index (χ0v) is 12.2. The largest absolute Gasteiger partial charge is 0.312 e. The summed E-state index contributed by atoms with van der Waals surface area (Å²) in [5.41, 5.74) is 0.907. The summed E-state index contributed by atoms with van der Waals surface area (Å²) in [5, 5.41) is 3.86. The first-order valence-electron chi connectivity index (χ1n) is 6.41. The molecule has 3 rings (SSSR count). The minimum atomic E-state index is -0.295. The van der Waals surface area contributed by atoms with Crippen molar-refractivity contribution in [2.24, 2.45) is 5.92 Å². The van der Waals surface area contributed by atoms with Crippen LogP contribution in [0.25, 0.3) is 10.4 Å². The summed E-state index contributed by atoms with van der Waals surface area (Å²) >= 11 is 7.85. The number of thiophene rings is 1. The van der Waals surface area contributed by atoms with Crippen LogP contribution in [-0.4, -0.2) is 7.05 Å². The molecule has 1 nitrogen and oxygen atoms in total. The SMILES string of the molecule is CNC(c1ccc(-c2ccc(F)cc2Cl)s1)C1CC1. The second-order valence-electron chi connectivity index (χ2n) is 4.93. The Balaban J connectivity index is 1.91. The fourth-order valence-electron chi connectivity index (χ4n) is 2.39. The van der Waals surface area contributed by atoms with Crippen LogP contribution < -0.4 is 5.32 Å². The third-order valence-corrected chi connectivity index (χ3v) is 5.05. The minimum Gasteiger partial charge on any atom is -0.312 e. The molecule has 0 saturated heterocycles. The van der Waals surface area contributed by atoms with Crippen LogP contribution in [0.1, 0.15) is 23.8 Å². The van der Waals surface area contributed by atoms with E-state index in [0.29, 0.717) is 11.1 Å². The van der Waals surface area contributed by atoms with Crippen molar-refractivity contribution < 1.29 is 4.39 Å². The first kappa shape index (κ1) is 13.1. The Labute approximate surface area is 121 Å². The predicted molar refractivity (Wildman–Crippen MR) is 79.2 cm³/mol. The quantitative estimate of drug-likeness (QED) is 0.848. The molecule has 4 heteroatoms. The van der Waals surface area contributed by atoms with Gasteiger partial charge in [-0.1, -0.05) is 11.6 Å². The van der Waals surface area contributed by atoms with Gasteiger partial charge in [0.05, 0.1) is 5.02 Å². The molecule has 0 spiro atoms. The van der Waals surface area contributed by atoms with Gasteiger partial charge in [0, 0.05) is 21.4 Å². The summed E-state index contributed by atoms with van der Waals surface area (Å²) in [4.78, 5) is 2.43. The highest BCUT2D eigenvalue weighted by Crippen LogP contribution is 2.44. The molecular weight excluding hydrogens is 281 g/mol. The number of nitrogens with one attached hydrogen (secondary N) is 1. The van der Waals surface area contributed by atoms with Crippen LogP contribution in [0.5, 0.6) is 0 Å². The molecule has 19 heavy (non-hydrogen) atoms. The Morgan fingerprint density at radius 2 is 2.11 bits per heavy atom. The molecule has 1 aliphatic carbocycles. The van der Waals surface area contributed by atoms with Gasteiger partial charge in [0.1, 0.15) is 5.82 Å². The van der Waals surface area contributed by atoms with Crippen LogP contribution in [0, 0.1) is 11.7 Å². The van der Waals surface area contributed by atoms with Crippen molar-refractivity contribution in [3.63, 3.8) is 0 Å². The molecule has 1 saturated carbocycles. The molecule has 1 aliphatic rings. The summed E-state index contributed by atoms with van der Waals surface area (Å²) in [6.45, 7) is 0. The number of rotatable bonds is 4. The Kier molecular flexibility index (Phi) is 3.61. The second-order valence-corrected chi connectivity index (χ2v) is 6.45. The lowest BCUT2D eigenvalue weighted by atomic mass is 10.1. The number of hydrogen-bond donors (Lipinski definition) is 1. The van der Waals surface area contributed by atoms with Gasteiger partial charge in [0.15, 0.2) is 0 Å². The molecule has 0 radical (unpaired) electrons. The maximum absolute atomic E-state index is 13.1.